The van der Waals surface area contributed by atoms with Gasteiger partial charge in [0.2, 0.25) is 5.91 Å². The van der Waals surface area contributed by atoms with Gasteiger partial charge >= 0.3 is 0 Å². The molecule has 0 atom stereocenters. The van der Waals surface area contributed by atoms with E-state index >= 15 is 0 Å². The predicted octanol–water partition coefficient (Wildman–Crippen LogP) is 3.79. The fourth-order valence-corrected chi connectivity index (χ4v) is 3.52. The van der Waals surface area contributed by atoms with Gasteiger partial charge < -0.3 is 25.3 Å². The molecule has 4 rings (SSSR count). The first kappa shape index (κ1) is 22.9. The maximum Gasteiger partial charge on any atom is 0.248 e. The second-order valence-corrected chi connectivity index (χ2v) is 7.97. The zero-order chi connectivity index (χ0) is 24.1. The van der Waals surface area contributed by atoms with Crippen molar-refractivity contribution in [3.63, 3.8) is 0 Å². The smallest absolute Gasteiger partial charge is 0.248 e. The number of hydrogen-bond donors (Lipinski definition) is 3. The molecule has 3 N–H and O–H groups in total. The number of fused-ring (bicyclic) bond motifs is 1. The van der Waals surface area contributed by atoms with Crippen LogP contribution < -0.4 is 15.4 Å². The number of hydrogen-bond acceptors (Lipinski definition) is 7. The Hall–Kier alpha value is -4.24. The van der Waals surface area contributed by atoms with Crippen LogP contribution in [0.2, 0.25) is 0 Å². The molecule has 0 aliphatic rings. The molecule has 0 radical (unpaired) electrons. The Labute approximate surface area is 197 Å². The van der Waals surface area contributed by atoms with Crippen molar-refractivity contribution in [2.45, 2.75) is 0 Å². The summed E-state index contributed by atoms with van der Waals surface area (Å²) in [6.07, 6.45) is 8.55. The van der Waals surface area contributed by atoms with Crippen molar-refractivity contribution in [3.05, 3.63) is 61.2 Å². The van der Waals surface area contributed by atoms with Gasteiger partial charge in [-0.05, 0) is 37.9 Å². The van der Waals surface area contributed by atoms with Crippen LogP contribution in [0, 0.1) is 0 Å². The van der Waals surface area contributed by atoms with Crippen molar-refractivity contribution >= 4 is 28.4 Å². The molecule has 3 aromatic heterocycles. The number of aromatic nitrogens is 4. The molecule has 9 heteroatoms. The van der Waals surface area contributed by atoms with E-state index < -0.39 is 0 Å². The molecule has 0 saturated carbocycles. The Morgan fingerprint density at radius 3 is 2.74 bits per heavy atom. The lowest BCUT2D eigenvalue weighted by molar-refractivity contribution is -0.111. The van der Waals surface area contributed by atoms with Gasteiger partial charge in [0.1, 0.15) is 23.5 Å². The highest BCUT2D eigenvalue weighted by Gasteiger charge is 2.12. The molecule has 1 amide bonds. The van der Waals surface area contributed by atoms with Crippen LogP contribution in [-0.4, -0.2) is 65.5 Å². The largest absolute Gasteiger partial charge is 0.497 e. The summed E-state index contributed by atoms with van der Waals surface area (Å²) in [5.41, 5.74) is 4.85. The lowest BCUT2D eigenvalue weighted by Gasteiger charge is -2.10. The number of ether oxygens (including phenoxy) is 1. The van der Waals surface area contributed by atoms with Crippen molar-refractivity contribution in [3.8, 4) is 28.1 Å². The zero-order valence-corrected chi connectivity index (χ0v) is 19.6. The number of nitrogens with one attached hydrogen (secondary N) is 3. The average Bonchev–Trinajstić information content (AvgIpc) is 3.27. The molecule has 0 bridgehead atoms. The number of H-pyrrole nitrogens is 1. The number of carbonyl (C=O) groups is 1. The van der Waals surface area contributed by atoms with Crippen molar-refractivity contribution in [1.29, 1.82) is 0 Å². The third-order valence-corrected chi connectivity index (χ3v) is 5.21. The molecule has 4 aromatic rings. The maximum atomic E-state index is 12.3. The van der Waals surface area contributed by atoms with Crippen LogP contribution in [-0.2, 0) is 4.79 Å². The summed E-state index contributed by atoms with van der Waals surface area (Å²) in [4.78, 5) is 30.7. The molecule has 174 valence electrons. The monoisotopic (exact) mass is 457 g/mol. The average molecular weight is 458 g/mol. The zero-order valence-electron chi connectivity index (χ0n) is 19.6. The fraction of sp³-hybridized carbons (Fsp3) is 0.200. The minimum Gasteiger partial charge on any atom is -0.497 e. The van der Waals surface area contributed by atoms with Gasteiger partial charge in [0.25, 0.3) is 0 Å². The minimum absolute atomic E-state index is 0.202. The van der Waals surface area contributed by atoms with Gasteiger partial charge in [0, 0.05) is 66.4 Å². The minimum atomic E-state index is -0.202. The second kappa shape index (κ2) is 10.1. The molecular weight excluding hydrogens is 430 g/mol. The first-order valence-electron chi connectivity index (χ1n) is 10.8. The third kappa shape index (κ3) is 5.21. The number of anilines is 2. The lowest BCUT2D eigenvalue weighted by atomic mass is 10.0. The third-order valence-electron chi connectivity index (χ3n) is 5.21. The summed E-state index contributed by atoms with van der Waals surface area (Å²) in [6, 6.07) is 9.54. The van der Waals surface area contributed by atoms with Crippen LogP contribution in [0.4, 0.5) is 11.5 Å². The first-order chi connectivity index (χ1) is 16.5. The number of amides is 1. The van der Waals surface area contributed by atoms with Gasteiger partial charge in [0.05, 0.1) is 12.8 Å². The Kier molecular flexibility index (Phi) is 6.84. The Morgan fingerprint density at radius 1 is 1.12 bits per heavy atom. The summed E-state index contributed by atoms with van der Waals surface area (Å²) in [6.45, 7) is 0.684. The molecular formula is C25H27N7O2. The Balaban J connectivity index is 1.69. The van der Waals surface area contributed by atoms with Crippen LogP contribution in [0.3, 0.4) is 0 Å². The van der Waals surface area contributed by atoms with E-state index in [1.54, 1.807) is 19.4 Å². The van der Waals surface area contributed by atoms with Crippen LogP contribution in [0.25, 0.3) is 33.4 Å². The summed E-state index contributed by atoms with van der Waals surface area (Å²) >= 11 is 0. The molecule has 0 unspecified atom stereocenters. The molecule has 1 aromatic carbocycles. The van der Waals surface area contributed by atoms with Crippen molar-refractivity contribution < 1.29 is 9.53 Å². The van der Waals surface area contributed by atoms with E-state index in [4.69, 9.17) is 4.74 Å². The number of methoxy groups -OCH3 is 1. The maximum absolute atomic E-state index is 12.3. The number of likely N-dealkylation sites (N-methyl/N-ethyl adjacent to an activating group) is 1. The van der Waals surface area contributed by atoms with E-state index in [9.17, 15) is 4.79 Å². The van der Waals surface area contributed by atoms with E-state index in [1.807, 2.05) is 62.6 Å². The summed E-state index contributed by atoms with van der Waals surface area (Å²) in [5, 5.41) is 6.87. The van der Waals surface area contributed by atoms with Crippen LogP contribution in [0.5, 0.6) is 5.75 Å². The molecule has 0 spiro atoms. The molecule has 34 heavy (non-hydrogen) atoms. The standard InChI is InChI=1S/C25H27N7O2/c1-26-23-12-22(29-15-30-23)21-14-28-25-20(21)10-17(13-27-25)16-8-18(11-19(9-16)34-4)31-24(33)6-5-7-32(2)3/h5-6,8-15H,7H2,1-4H3,(H,27,28)(H,31,33)(H,26,29,30)/b6-5+. The van der Waals surface area contributed by atoms with Gasteiger partial charge in [-0.2, -0.15) is 0 Å². The number of rotatable bonds is 8. The van der Waals surface area contributed by atoms with Gasteiger partial charge in [0.15, 0.2) is 0 Å². The molecule has 0 saturated heterocycles. The van der Waals surface area contributed by atoms with Crippen LogP contribution in [0.1, 0.15) is 0 Å². The van der Waals surface area contributed by atoms with E-state index in [-0.39, 0.29) is 5.91 Å². The second-order valence-electron chi connectivity index (χ2n) is 7.97. The summed E-state index contributed by atoms with van der Waals surface area (Å²) < 4.78 is 5.48. The van der Waals surface area contributed by atoms with E-state index in [2.05, 4.69) is 30.6 Å². The van der Waals surface area contributed by atoms with Crippen LogP contribution >= 0.6 is 0 Å². The SMILES string of the molecule is CNc1cc(-c2c[nH]c3ncc(-c4cc(NC(=O)/C=C/CN(C)C)cc(OC)c4)cc23)ncn1. The summed E-state index contributed by atoms with van der Waals surface area (Å²) in [5.74, 6) is 1.16. The highest BCUT2D eigenvalue weighted by molar-refractivity contribution is 6.00. The number of benzene rings is 1. The number of aromatic amines is 1. The van der Waals surface area contributed by atoms with Crippen molar-refractivity contribution in [2.75, 3.05) is 45.4 Å². The van der Waals surface area contributed by atoms with E-state index in [0.29, 0.717) is 18.0 Å². The molecule has 0 aliphatic carbocycles. The molecule has 0 aliphatic heterocycles. The highest BCUT2D eigenvalue weighted by atomic mass is 16.5. The number of nitrogens with zero attached hydrogens (tertiary/aromatic N) is 4. The first-order valence-corrected chi connectivity index (χ1v) is 10.8. The number of pyridine rings is 1. The van der Waals surface area contributed by atoms with Gasteiger partial charge in [-0.1, -0.05) is 6.08 Å². The lowest BCUT2D eigenvalue weighted by Crippen LogP contribution is -2.13. The molecule has 0 fully saturated rings. The van der Waals surface area contributed by atoms with Gasteiger partial charge in [-0.25, -0.2) is 15.0 Å². The normalized spacial score (nSPS) is 11.3. The van der Waals surface area contributed by atoms with Gasteiger partial charge in [-0.3, -0.25) is 4.79 Å². The fourth-order valence-electron chi connectivity index (χ4n) is 3.52. The number of carbonyl (C=O) groups excluding carboxylic acids is 1. The van der Waals surface area contributed by atoms with Gasteiger partial charge in [-0.15, -0.1) is 0 Å². The summed E-state index contributed by atoms with van der Waals surface area (Å²) in [7, 11) is 7.31. The molecule has 9 nitrogen and oxygen atoms in total. The quantitative estimate of drug-likeness (QED) is 0.346. The highest BCUT2D eigenvalue weighted by Crippen LogP contribution is 2.33. The van der Waals surface area contributed by atoms with E-state index in [1.165, 1.54) is 12.4 Å². The van der Waals surface area contributed by atoms with Crippen LogP contribution in [0.15, 0.2) is 61.2 Å². The van der Waals surface area contributed by atoms with E-state index in [0.717, 1.165) is 39.2 Å². The Morgan fingerprint density at radius 2 is 1.97 bits per heavy atom. The van der Waals surface area contributed by atoms with Crippen molar-refractivity contribution in [1.82, 2.24) is 24.8 Å². The van der Waals surface area contributed by atoms with Crippen molar-refractivity contribution in [2.24, 2.45) is 0 Å². The topological polar surface area (TPSA) is 108 Å². The molecule has 3 heterocycles. The predicted molar refractivity (Wildman–Crippen MR) is 135 cm³/mol. The Bertz CT molecular complexity index is 1340.